The molecule has 0 aromatic heterocycles. The molecule has 0 unspecified atom stereocenters. The highest BCUT2D eigenvalue weighted by molar-refractivity contribution is 5.55. The summed E-state index contributed by atoms with van der Waals surface area (Å²) in [5.74, 6) is -1.15. The summed E-state index contributed by atoms with van der Waals surface area (Å²) in [6.45, 7) is 7.69. The maximum atomic E-state index is 10.2. The average Bonchev–Trinajstić information content (AvgIpc) is 2.71. The topological polar surface area (TPSA) is 121 Å². The van der Waals surface area contributed by atoms with E-state index in [1.807, 2.05) is 39.8 Å². The van der Waals surface area contributed by atoms with Crippen LogP contribution in [0.25, 0.3) is 12.2 Å². The van der Waals surface area contributed by atoms with Gasteiger partial charge in [-0.3, -0.25) is 0 Å². The van der Waals surface area contributed by atoms with Crippen molar-refractivity contribution < 1.29 is 30.6 Å². The number of hydrogen-bond acceptors (Lipinski definition) is 6. The van der Waals surface area contributed by atoms with Crippen LogP contribution in [-0.4, -0.2) is 55.1 Å². The van der Waals surface area contributed by atoms with Gasteiger partial charge in [0.15, 0.2) is 0 Å². The van der Waals surface area contributed by atoms with E-state index in [2.05, 4.69) is 0 Å². The maximum Gasteiger partial charge on any atom is 0.139 e. The molecule has 0 spiro atoms. The van der Waals surface area contributed by atoms with Crippen molar-refractivity contribution in [1.29, 1.82) is 0 Å². The van der Waals surface area contributed by atoms with Gasteiger partial charge in [0.1, 0.15) is 35.9 Å². The van der Waals surface area contributed by atoms with Gasteiger partial charge in [0.25, 0.3) is 0 Å². The smallest absolute Gasteiger partial charge is 0.139 e. The van der Waals surface area contributed by atoms with E-state index >= 15 is 0 Å². The van der Waals surface area contributed by atoms with Crippen LogP contribution in [0, 0.1) is 27.7 Å². The third-order valence-electron chi connectivity index (χ3n) is 5.29. The predicted octanol–water partition coefficient (Wildman–Crippen LogP) is 2.86. The van der Waals surface area contributed by atoms with Gasteiger partial charge in [-0.05, 0) is 73.2 Å². The summed E-state index contributed by atoms with van der Waals surface area (Å²) in [6.07, 6.45) is -5.04. The van der Waals surface area contributed by atoms with Crippen LogP contribution in [0.15, 0.2) is 47.9 Å². The fraction of sp³-hybridized carbons (Fsp3) is 0.333. The fourth-order valence-electron chi connectivity index (χ4n) is 2.94. The highest BCUT2D eigenvalue weighted by Gasteiger charge is 2.34. The lowest BCUT2D eigenvalue weighted by Crippen LogP contribution is -2.45. The van der Waals surface area contributed by atoms with Crippen LogP contribution >= 0.6 is 0 Å². The lowest BCUT2D eigenvalue weighted by Gasteiger charge is -2.26. The molecule has 0 amide bonds. The van der Waals surface area contributed by atoms with Crippen molar-refractivity contribution in [2.24, 2.45) is 0 Å². The molecule has 6 heteroatoms. The van der Waals surface area contributed by atoms with E-state index in [0.29, 0.717) is 11.1 Å². The molecule has 2 aromatic carbocycles. The normalized spacial score (nSPS) is 16.8. The van der Waals surface area contributed by atoms with E-state index in [1.165, 1.54) is 12.2 Å². The van der Waals surface area contributed by atoms with Crippen LogP contribution < -0.4 is 0 Å². The first-order valence-corrected chi connectivity index (χ1v) is 9.69. The van der Waals surface area contributed by atoms with Crippen molar-refractivity contribution in [2.75, 3.05) is 0 Å². The second kappa shape index (κ2) is 9.91. The quantitative estimate of drug-likeness (QED) is 0.388. The van der Waals surface area contributed by atoms with Crippen LogP contribution in [0.4, 0.5) is 0 Å². The molecule has 6 nitrogen and oxygen atoms in total. The number of hydrogen-bond donors (Lipinski definition) is 6. The van der Waals surface area contributed by atoms with Gasteiger partial charge in [0.2, 0.25) is 0 Å². The summed E-state index contributed by atoms with van der Waals surface area (Å²) in [5.41, 5.74) is 5.32. The Morgan fingerprint density at radius 1 is 0.600 bits per heavy atom. The minimum absolute atomic E-state index is 0.574. The average molecular weight is 414 g/mol. The molecule has 2 rings (SSSR count). The molecule has 0 fully saturated rings. The zero-order chi connectivity index (χ0) is 22.6. The fourth-order valence-corrected chi connectivity index (χ4v) is 2.94. The Kier molecular flexibility index (Phi) is 7.81. The molecule has 4 atom stereocenters. The number of rotatable bonds is 7. The molecule has 6 N–H and O–H groups in total. The van der Waals surface area contributed by atoms with Gasteiger partial charge in [-0.1, -0.05) is 36.4 Å². The first kappa shape index (κ1) is 23.6. The lowest BCUT2D eigenvalue weighted by molar-refractivity contribution is -0.0996. The van der Waals surface area contributed by atoms with Gasteiger partial charge in [0.05, 0.1) is 0 Å². The molecule has 0 saturated heterocycles. The van der Waals surface area contributed by atoms with Gasteiger partial charge < -0.3 is 30.6 Å². The number of aliphatic hydroxyl groups is 6. The van der Waals surface area contributed by atoms with Crippen molar-refractivity contribution in [2.45, 2.75) is 52.1 Å². The van der Waals surface area contributed by atoms with Crippen LogP contribution in [0.3, 0.4) is 0 Å². The highest BCUT2D eigenvalue weighted by atomic mass is 16.4. The SMILES string of the molecule is Cc1ccc(C=C(O)[C@@H](O)[C@@H](O)[C@H](O)[C@@H](O)C(O)=Cc2ccc(C)c(C)c2)cc1C. The van der Waals surface area contributed by atoms with Gasteiger partial charge in [-0.15, -0.1) is 0 Å². The predicted molar refractivity (Wildman–Crippen MR) is 117 cm³/mol. The Balaban J connectivity index is 2.14. The molecular weight excluding hydrogens is 384 g/mol. The zero-order valence-corrected chi connectivity index (χ0v) is 17.6. The van der Waals surface area contributed by atoms with Crippen molar-refractivity contribution >= 4 is 12.2 Å². The van der Waals surface area contributed by atoms with E-state index in [9.17, 15) is 30.6 Å². The number of aryl methyl sites for hydroxylation is 4. The van der Waals surface area contributed by atoms with Crippen molar-refractivity contribution in [3.8, 4) is 0 Å². The second-order valence-corrected chi connectivity index (χ2v) is 7.70. The Bertz CT molecular complexity index is 869. The van der Waals surface area contributed by atoms with Crippen LogP contribution in [0.1, 0.15) is 33.4 Å². The Hall–Kier alpha value is -2.64. The van der Waals surface area contributed by atoms with Gasteiger partial charge in [-0.2, -0.15) is 0 Å². The maximum absolute atomic E-state index is 10.2. The molecule has 0 radical (unpaired) electrons. The molecule has 0 aliphatic carbocycles. The van der Waals surface area contributed by atoms with Crippen LogP contribution in [0.2, 0.25) is 0 Å². The standard InChI is InChI=1S/C24H30O6/c1-13-5-7-17(9-15(13)3)11-19(25)21(27)23(29)24(30)22(28)20(26)12-18-8-6-14(2)16(4)10-18/h5-12,21-30H,1-4H3/t21-,22+,23-,24-/m1/s1. The monoisotopic (exact) mass is 414 g/mol. The van der Waals surface area contributed by atoms with Crippen molar-refractivity contribution in [1.82, 2.24) is 0 Å². The third kappa shape index (κ3) is 5.70. The lowest BCUT2D eigenvalue weighted by atomic mass is 9.98. The molecule has 30 heavy (non-hydrogen) atoms. The van der Waals surface area contributed by atoms with Crippen molar-refractivity contribution in [3.05, 3.63) is 81.3 Å². The molecule has 2 aromatic rings. The molecule has 0 aliphatic rings. The first-order chi connectivity index (χ1) is 14.0. The first-order valence-electron chi connectivity index (χ1n) is 9.69. The zero-order valence-electron chi connectivity index (χ0n) is 17.6. The second-order valence-electron chi connectivity index (χ2n) is 7.70. The summed E-state index contributed by atoms with van der Waals surface area (Å²) in [6, 6.07) is 10.8. The van der Waals surface area contributed by atoms with E-state index in [4.69, 9.17) is 0 Å². The summed E-state index contributed by atoms with van der Waals surface area (Å²) in [5, 5.41) is 61.1. The van der Waals surface area contributed by atoms with Crippen LogP contribution in [-0.2, 0) is 0 Å². The minimum Gasteiger partial charge on any atom is -0.509 e. The van der Waals surface area contributed by atoms with E-state index in [1.54, 1.807) is 24.3 Å². The van der Waals surface area contributed by atoms with Gasteiger partial charge in [-0.25, -0.2) is 0 Å². The van der Waals surface area contributed by atoms with Gasteiger partial charge in [0, 0.05) is 0 Å². The Labute approximate surface area is 176 Å². The molecule has 0 aliphatic heterocycles. The molecular formula is C24H30O6. The van der Waals surface area contributed by atoms with E-state index in [-0.39, 0.29) is 0 Å². The molecule has 0 bridgehead atoms. The molecule has 0 saturated carbocycles. The number of aliphatic hydroxyl groups excluding tert-OH is 6. The van der Waals surface area contributed by atoms with Crippen molar-refractivity contribution in [3.63, 3.8) is 0 Å². The summed E-state index contributed by atoms with van der Waals surface area (Å²) < 4.78 is 0. The Morgan fingerprint density at radius 3 is 1.23 bits per heavy atom. The van der Waals surface area contributed by atoms with E-state index < -0.39 is 35.9 Å². The largest absolute Gasteiger partial charge is 0.509 e. The molecule has 0 heterocycles. The minimum atomic E-state index is -1.93. The van der Waals surface area contributed by atoms with Gasteiger partial charge >= 0.3 is 0 Å². The number of benzene rings is 2. The van der Waals surface area contributed by atoms with Crippen LogP contribution in [0.5, 0.6) is 0 Å². The molecule has 162 valence electrons. The highest BCUT2D eigenvalue weighted by Crippen LogP contribution is 2.20. The Morgan fingerprint density at radius 2 is 0.933 bits per heavy atom. The summed E-state index contributed by atoms with van der Waals surface area (Å²) in [7, 11) is 0. The van der Waals surface area contributed by atoms with E-state index in [0.717, 1.165) is 22.3 Å². The summed E-state index contributed by atoms with van der Waals surface area (Å²) >= 11 is 0. The summed E-state index contributed by atoms with van der Waals surface area (Å²) in [4.78, 5) is 0. The third-order valence-corrected chi connectivity index (χ3v) is 5.29.